The number of carboxylic acids is 1. The summed E-state index contributed by atoms with van der Waals surface area (Å²) >= 11 is 0. The Balaban J connectivity index is 1.94. The average Bonchev–Trinajstić information content (AvgIpc) is 2.93. The van der Waals surface area contributed by atoms with E-state index in [1.54, 1.807) is 36.4 Å². The largest absolute Gasteiger partial charge is 0.475 e. The number of carbonyl (C=O) groups is 2. The highest BCUT2D eigenvalue weighted by atomic mass is 16.4. The van der Waals surface area contributed by atoms with Gasteiger partial charge in [-0.25, -0.2) is 4.79 Å². The quantitative estimate of drug-likeness (QED) is 0.727. The topological polar surface area (TPSA) is 79.5 Å². The number of hydrogen-bond acceptors (Lipinski definition) is 3. The summed E-state index contributed by atoms with van der Waals surface area (Å²) < 4.78 is 5.35. The van der Waals surface area contributed by atoms with Gasteiger partial charge in [-0.2, -0.15) is 0 Å². The van der Waals surface area contributed by atoms with E-state index in [2.05, 4.69) is 26.1 Å². The molecule has 0 saturated carbocycles. The van der Waals surface area contributed by atoms with Crippen molar-refractivity contribution in [3.63, 3.8) is 0 Å². The molecule has 0 aliphatic heterocycles. The Labute approximate surface area is 145 Å². The Kier molecular flexibility index (Phi) is 4.08. The normalized spacial score (nSPS) is 11.5. The first kappa shape index (κ1) is 16.8. The van der Waals surface area contributed by atoms with Crippen molar-refractivity contribution < 1.29 is 19.1 Å². The smallest absolute Gasteiger partial charge is 0.374 e. The molecule has 0 spiro atoms. The highest BCUT2D eigenvalue weighted by Crippen LogP contribution is 2.31. The molecule has 3 rings (SSSR count). The number of aromatic carboxylic acids is 1. The monoisotopic (exact) mass is 337 g/mol. The third-order valence-electron chi connectivity index (χ3n) is 4.04. The van der Waals surface area contributed by atoms with Gasteiger partial charge < -0.3 is 14.8 Å². The van der Waals surface area contributed by atoms with Crippen molar-refractivity contribution in [1.82, 2.24) is 0 Å². The molecule has 0 fully saturated rings. The second kappa shape index (κ2) is 6.09. The van der Waals surface area contributed by atoms with Crippen molar-refractivity contribution >= 4 is 28.5 Å². The Morgan fingerprint density at radius 1 is 1.00 bits per heavy atom. The maximum Gasteiger partial charge on any atom is 0.374 e. The number of hydrogen-bond donors (Lipinski definition) is 2. The summed E-state index contributed by atoms with van der Waals surface area (Å²) in [4.78, 5) is 24.0. The van der Waals surface area contributed by atoms with Gasteiger partial charge in [0.25, 0.3) is 5.91 Å². The minimum Gasteiger partial charge on any atom is -0.475 e. The summed E-state index contributed by atoms with van der Waals surface area (Å²) in [5.41, 5.74) is 2.15. The molecule has 0 atom stereocenters. The van der Waals surface area contributed by atoms with Crippen molar-refractivity contribution in [2.75, 3.05) is 5.32 Å². The number of anilines is 1. The van der Waals surface area contributed by atoms with Crippen LogP contribution in [0.5, 0.6) is 0 Å². The van der Waals surface area contributed by atoms with Gasteiger partial charge in [0.2, 0.25) is 5.76 Å². The lowest BCUT2D eigenvalue weighted by atomic mass is 9.87. The first-order chi connectivity index (χ1) is 11.8. The van der Waals surface area contributed by atoms with Crippen LogP contribution in [-0.4, -0.2) is 17.0 Å². The van der Waals surface area contributed by atoms with Crippen LogP contribution in [0, 0.1) is 0 Å². The molecule has 0 saturated heterocycles. The molecule has 5 nitrogen and oxygen atoms in total. The second-order valence-electron chi connectivity index (χ2n) is 6.89. The molecule has 2 aromatic carbocycles. The highest BCUT2D eigenvalue weighted by molar-refractivity contribution is 6.13. The Morgan fingerprint density at radius 3 is 2.24 bits per heavy atom. The number of rotatable bonds is 3. The Hall–Kier alpha value is -3.08. The number of fused-ring (bicyclic) bond motifs is 1. The second-order valence-corrected chi connectivity index (χ2v) is 6.89. The molecule has 1 heterocycles. The van der Waals surface area contributed by atoms with Crippen LogP contribution in [0.4, 0.5) is 5.69 Å². The predicted molar refractivity (Wildman–Crippen MR) is 96.3 cm³/mol. The van der Waals surface area contributed by atoms with Gasteiger partial charge in [-0.05, 0) is 35.2 Å². The molecule has 0 aliphatic carbocycles. The lowest BCUT2D eigenvalue weighted by molar-refractivity contribution is 0.0666. The maximum absolute atomic E-state index is 12.5. The van der Waals surface area contributed by atoms with E-state index in [9.17, 15) is 14.7 Å². The first-order valence-electron chi connectivity index (χ1n) is 7.94. The summed E-state index contributed by atoms with van der Waals surface area (Å²) in [7, 11) is 0. The number of amides is 1. The van der Waals surface area contributed by atoms with Crippen molar-refractivity contribution in [1.29, 1.82) is 0 Å². The SMILES string of the molecule is CC(C)(C)c1ccc(C(=O)Nc2c(C(=O)O)oc3ccccc23)cc1. The Bertz CT molecular complexity index is 946. The zero-order chi connectivity index (χ0) is 18.2. The molecule has 0 radical (unpaired) electrons. The maximum atomic E-state index is 12.5. The fourth-order valence-electron chi connectivity index (χ4n) is 2.63. The fraction of sp³-hybridized carbons (Fsp3) is 0.200. The van der Waals surface area contributed by atoms with Gasteiger partial charge in [0.05, 0.1) is 0 Å². The van der Waals surface area contributed by atoms with Crippen LogP contribution in [0.1, 0.15) is 47.2 Å². The third-order valence-corrected chi connectivity index (χ3v) is 4.04. The van der Waals surface area contributed by atoms with E-state index < -0.39 is 5.97 Å². The van der Waals surface area contributed by atoms with Crippen LogP contribution in [0.2, 0.25) is 0 Å². The molecule has 0 aliphatic rings. The number of benzene rings is 2. The number of furan rings is 1. The van der Waals surface area contributed by atoms with Crippen molar-refractivity contribution in [3.8, 4) is 0 Å². The molecule has 25 heavy (non-hydrogen) atoms. The summed E-state index contributed by atoms with van der Waals surface area (Å²) in [6.45, 7) is 6.29. The first-order valence-corrected chi connectivity index (χ1v) is 7.94. The van der Waals surface area contributed by atoms with Gasteiger partial charge >= 0.3 is 5.97 Å². The predicted octanol–water partition coefficient (Wildman–Crippen LogP) is 4.68. The van der Waals surface area contributed by atoms with E-state index >= 15 is 0 Å². The van der Waals surface area contributed by atoms with E-state index in [1.807, 2.05) is 12.1 Å². The molecule has 1 amide bonds. The van der Waals surface area contributed by atoms with Gasteiger partial charge in [0.15, 0.2) is 0 Å². The van der Waals surface area contributed by atoms with Crippen LogP contribution < -0.4 is 5.32 Å². The van der Waals surface area contributed by atoms with Gasteiger partial charge in [0.1, 0.15) is 11.3 Å². The summed E-state index contributed by atoms with van der Waals surface area (Å²) in [6, 6.07) is 14.2. The number of carbonyl (C=O) groups excluding carboxylic acids is 1. The summed E-state index contributed by atoms with van der Waals surface area (Å²) in [5.74, 6) is -1.88. The molecule has 0 bridgehead atoms. The molecule has 2 N–H and O–H groups in total. The van der Waals surface area contributed by atoms with Gasteiger partial charge in [-0.15, -0.1) is 0 Å². The average molecular weight is 337 g/mol. The van der Waals surface area contributed by atoms with E-state index in [0.717, 1.165) is 5.56 Å². The van der Waals surface area contributed by atoms with Crippen molar-refractivity contribution in [2.24, 2.45) is 0 Å². The molecule has 0 unspecified atom stereocenters. The molecule has 5 heteroatoms. The molecular weight excluding hydrogens is 318 g/mol. The Morgan fingerprint density at radius 2 is 1.64 bits per heavy atom. The van der Waals surface area contributed by atoms with Crippen LogP contribution >= 0.6 is 0 Å². The minimum absolute atomic E-state index is 0.00769. The van der Waals surface area contributed by atoms with Crippen LogP contribution in [0.25, 0.3) is 11.0 Å². The van der Waals surface area contributed by atoms with E-state index in [1.165, 1.54) is 0 Å². The van der Waals surface area contributed by atoms with Gasteiger partial charge in [0, 0.05) is 10.9 Å². The molecule has 128 valence electrons. The number of nitrogens with one attached hydrogen (secondary N) is 1. The number of carboxylic acid groups (broad SMARTS) is 1. The summed E-state index contributed by atoms with van der Waals surface area (Å²) in [5, 5.41) is 12.6. The molecule has 3 aromatic rings. The zero-order valence-electron chi connectivity index (χ0n) is 14.3. The zero-order valence-corrected chi connectivity index (χ0v) is 14.3. The lowest BCUT2D eigenvalue weighted by Gasteiger charge is -2.19. The van der Waals surface area contributed by atoms with E-state index in [-0.39, 0.29) is 22.8 Å². The van der Waals surface area contributed by atoms with Crippen LogP contribution in [0.15, 0.2) is 52.9 Å². The van der Waals surface area contributed by atoms with Crippen LogP contribution in [0.3, 0.4) is 0 Å². The van der Waals surface area contributed by atoms with Crippen molar-refractivity contribution in [3.05, 3.63) is 65.4 Å². The van der Waals surface area contributed by atoms with Gasteiger partial charge in [-0.1, -0.05) is 45.0 Å². The van der Waals surface area contributed by atoms with Crippen molar-refractivity contribution in [2.45, 2.75) is 26.2 Å². The van der Waals surface area contributed by atoms with Gasteiger partial charge in [-0.3, -0.25) is 4.79 Å². The third kappa shape index (κ3) is 3.26. The number of para-hydroxylation sites is 1. The fourth-order valence-corrected chi connectivity index (χ4v) is 2.63. The molecular formula is C20H19NO4. The highest BCUT2D eigenvalue weighted by Gasteiger charge is 2.22. The standard InChI is InChI=1S/C20H19NO4/c1-20(2,3)13-10-8-12(9-11-13)18(22)21-16-14-6-4-5-7-15(14)25-17(16)19(23)24/h4-11H,1-3H3,(H,21,22)(H,23,24). The van der Waals surface area contributed by atoms with E-state index in [4.69, 9.17) is 4.42 Å². The summed E-state index contributed by atoms with van der Waals surface area (Å²) in [6.07, 6.45) is 0. The van der Waals surface area contributed by atoms with E-state index in [0.29, 0.717) is 16.5 Å². The van der Waals surface area contributed by atoms with Crippen LogP contribution in [-0.2, 0) is 5.41 Å². The molecule has 1 aromatic heterocycles. The minimum atomic E-state index is -1.23. The lowest BCUT2D eigenvalue weighted by Crippen LogP contribution is -2.15.